The number of carboxylic acids is 1. The number of hydrogen-bond donors (Lipinski definition) is 1. The maximum atomic E-state index is 13.9. The van der Waals surface area contributed by atoms with Gasteiger partial charge in [0.15, 0.2) is 0 Å². The SMILES string of the molecule is O=C(O)CCCCCCN1C(=O)/C(=C\c2ccc(-c3cc(F)ccc3F)o2)SC1=S. The number of rotatable bonds is 9. The Morgan fingerprint density at radius 2 is 1.93 bits per heavy atom. The zero-order chi connectivity index (χ0) is 21.7. The molecule has 1 fully saturated rings. The summed E-state index contributed by atoms with van der Waals surface area (Å²) >= 11 is 6.44. The predicted molar refractivity (Wildman–Crippen MR) is 115 cm³/mol. The summed E-state index contributed by atoms with van der Waals surface area (Å²) in [7, 11) is 0. The second-order valence-electron chi connectivity index (χ2n) is 6.72. The fourth-order valence-corrected chi connectivity index (χ4v) is 4.27. The van der Waals surface area contributed by atoms with E-state index in [-0.39, 0.29) is 23.7 Å². The van der Waals surface area contributed by atoms with E-state index in [0.29, 0.717) is 28.0 Å². The largest absolute Gasteiger partial charge is 0.481 e. The fourth-order valence-electron chi connectivity index (χ4n) is 2.98. The first kappa shape index (κ1) is 22.2. The van der Waals surface area contributed by atoms with Crippen molar-refractivity contribution < 1.29 is 27.9 Å². The number of hydrogen-bond acceptors (Lipinski definition) is 5. The lowest BCUT2D eigenvalue weighted by Gasteiger charge is -2.13. The molecule has 0 unspecified atom stereocenters. The van der Waals surface area contributed by atoms with Crippen molar-refractivity contribution in [3.8, 4) is 11.3 Å². The van der Waals surface area contributed by atoms with Crippen molar-refractivity contribution >= 4 is 46.3 Å². The van der Waals surface area contributed by atoms with Gasteiger partial charge in [-0.05, 0) is 43.2 Å². The molecule has 0 saturated carbocycles. The van der Waals surface area contributed by atoms with E-state index in [1.54, 1.807) is 6.07 Å². The summed E-state index contributed by atoms with van der Waals surface area (Å²) in [4.78, 5) is 25.0. The van der Waals surface area contributed by atoms with Crippen molar-refractivity contribution in [2.45, 2.75) is 32.1 Å². The lowest BCUT2D eigenvalue weighted by Crippen LogP contribution is -2.29. The molecule has 2 heterocycles. The summed E-state index contributed by atoms with van der Waals surface area (Å²) in [6.07, 6.45) is 4.61. The molecule has 0 radical (unpaired) electrons. The van der Waals surface area contributed by atoms with E-state index in [2.05, 4.69) is 0 Å². The highest BCUT2D eigenvalue weighted by molar-refractivity contribution is 8.26. The Morgan fingerprint density at radius 1 is 1.17 bits per heavy atom. The minimum absolute atomic E-state index is 0.00472. The number of nitrogens with zero attached hydrogens (tertiary/aromatic N) is 1. The number of furan rings is 1. The molecule has 0 bridgehead atoms. The van der Waals surface area contributed by atoms with Crippen molar-refractivity contribution in [1.29, 1.82) is 0 Å². The van der Waals surface area contributed by atoms with Crippen LogP contribution in [0.3, 0.4) is 0 Å². The first-order valence-electron chi connectivity index (χ1n) is 9.37. The number of benzene rings is 1. The maximum absolute atomic E-state index is 13.9. The van der Waals surface area contributed by atoms with E-state index in [1.807, 2.05) is 0 Å². The van der Waals surface area contributed by atoms with Crippen LogP contribution < -0.4 is 0 Å². The number of thioether (sulfide) groups is 1. The molecule has 0 aliphatic carbocycles. The topological polar surface area (TPSA) is 70.8 Å². The zero-order valence-corrected chi connectivity index (χ0v) is 17.5. The first-order valence-corrected chi connectivity index (χ1v) is 10.6. The van der Waals surface area contributed by atoms with Crippen LogP contribution in [0.25, 0.3) is 17.4 Å². The predicted octanol–water partition coefficient (Wildman–Crippen LogP) is 5.46. The number of carbonyl (C=O) groups excluding carboxylic acids is 1. The van der Waals surface area contributed by atoms with Crippen LogP contribution in [0.15, 0.2) is 39.7 Å². The van der Waals surface area contributed by atoms with Gasteiger partial charge in [0.2, 0.25) is 0 Å². The number of carbonyl (C=O) groups is 2. The van der Waals surface area contributed by atoms with Gasteiger partial charge < -0.3 is 9.52 Å². The third kappa shape index (κ3) is 5.54. The summed E-state index contributed by atoms with van der Waals surface area (Å²) in [6, 6.07) is 6.20. The highest BCUT2D eigenvalue weighted by atomic mass is 32.2. The third-order valence-corrected chi connectivity index (χ3v) is 5.87. The molecular weight excluding hydrogens is 432 g/mol. The van der Waals surface area contributed by atoms with Gasteiger partial charge in [-0.1, -0.05) is 36.8 Å². The number of amides is 1. The summed E-state index contributed by atoms with van der Waals surface area (Å²) in [5.41, 5.74) is 0.00472. The molecule has 1 amide bonds. The monoisotopic (exact) mass is 451 g/mol. The van der Waals surface area contributed by atoms with Crippen molar-refractivity contribution in [2.75, 3.05) is 6.54 Å². The van der Waals surface area contributed by atoms with Gasteiger partial charge in [0.05, 0.1) is 10.5 Å². The molecule has 9 heteroatoms. The molecule has 1 aliphatic heterocycles. The standard InChI is InChI=1S/C21H19F2NO4S2/c22-13-6-8-16(23)15(11-13)17-9-7-14(28-17)12-18-20(27)24(21(29)30-18)10-4-2-1-3-5-19(25)26/h6-9,11-12H,1-5,10H2,(H,25,26)/b18-12+. The van der Waals surface area contributed by atoms with Gasteiger partial charge in [0, 0.05) is 19.0 Å². The number of carboxylic acid groups (broad SMARTS) is 1. The van der Waals surface area contributed by atoms with Crippen LogP contribution in [0.5, 0.6) is 0 Å². The van der Waals surface area contributed by atoms with Gasteiger partial charge in [-0.25, -0.2) is 8.78 Å². The van der Waals surface area contributed by atoms with E-state index in [9.17, 15) is 18.4 Å². The summed E-state index contributed by atoms with van der Waals surface area (Å²) in [6.45, 7) is 0.465. The van der Waals surface area contributed by atoms with Crippen LogP contribution in [0.4, 0.5) is 8.78 Å². The average Bonchev–Trinajstić information content (AvgIpc) is 3.26. The highest BCUT2D eigenvalue weighted by Crippen LogP contribution is 2.34. The van der Waals surface area contributed by atoms with E-state index < -0.39 is 17.6 Å². The Labute approximate surface area is 181 Å². The van der Waals surface area contributed by atoms with E-state index in [1.165, 1.54) is 17.0 Å². The normalized spacial score (nSPS) is 15.4. The van der Waals surface area contributed by atoms with Gasteiger partial charge in [0.1, 0.15) is 27.5 Å². The van der Waals surface area contributed by atoms with Crippen molar-refractivity contribution in [3.05, 3.63) is 52.6 Å². The molecule has 1 aliphatic rings. The Hall–Kier alpha value is -2.52. The molecule has 30 heavy (non-hydrogen) atoms. The van der Waals surface area contributed by atoms with Gasteiger partial charge in [-0.2, -0.15) is 0 Å². The van der Waals surface area contributed by atoms with Crippen molar-refractivity contribution in [3.63, 3.8) is 0 Å². The lowest BCUT2D eigenvalue weighted by atomic mass is 10.1. The summed E-state index contributed by atoms with van der Waals surface area (Å²) in [5, 5.41) is 8.63. The molecule has 5 nitrogen and oxygen atoms in total. The Morgan fingerprint density at radius 3 is 2.70 bits per heavy atom. The molecule has 0 spiro atoms. The van der Waals surface area contributed by atoms with Gasteiger partial charge in [0.25, 0.3) is 5.91 Å². The first-order chi connectivity index (χ1) is 14.3. The summed E-state index contributed by atoms with van der Waals surface area (Å²) in [5.74, 6) is -1.72. The quantitative estimate of drug-likeness (QED) is 0.310. The maximum Gasteiger partial charge on any atom is 0.303 e. The van der Waals surface area contributed by atoms with Crippen LogP contribution in [-0.2, 0) is 9.59 Å². The van der Waals surface area contributed by atoms with Crippen LogP contribution in [0.1, 0.15) is 37.9 Å². The molecule has 3 rings (SSSR count). The molecule has 1 saturated heterocycles. The van der Waals surface area contributed by atoms with Crippen LogP contribution in [0, 0.1) is 11.6 Å². The van der Waals surface area contributed by atoms with Gasteiger partial charge in [-0.15, -0.1) is 0 Å². The van der Waals surface area contributed by atoms with Crippen LogP contribution >= 0.6 is 24.0 Å². The van der Waals surface area contributed by atoms with Crippen LogP contribution in [-0.4, -0.2) is 32.7 Å². The van der Waals surface area contributed by atoms with Gasteiger partial charge in [-0.3, -0.25) is 14.5 Å². The van der Waals surface area contributed by atoms with Crippen molar-refractivity contribution in [1.82, 2.24) is 4.90 Å². The second-order valence-corrected chi connectivity index (χ2v) is 8.39. The average molecular weight is 452 g/mol. The molecule has 0 atom stereocenters. The number of halogens is 2. The van der Waals surface area contributed by atoms with Crippen LogP contribution in [0.2, 0.25) is 0 Å². The second kappa shape index (κ2) is 9.99. The molecule has 2 aromatic rings. The van der Waals surface area contributed by atoms with E-state index in [0.717, 1.165) is 49.2 Å². The lowest BCUT2D eigenvalue weighted by molar-refractivity contribution is -0.137. The minimum atomic E-state index is -0.807. The Balaban J connectivity index is 1.61. The van der Waals surface area contributed by atoms with Crippen molar-refractivity contribution in [2.24, 2.45) is 0 Å². The molecule has 1 N–H and O–H groups in total. The smallest absolute Gasteiger partial charge is 0.303 e. The highest BCUT2D eigenvalue weighted by Gasteiger charge is 2.31. The van der Waals surface area contributed by atoms with E-state index in [4.69, 9.17) is 21.7 Å². The third-order valence-electron chi connectivity index (χ3n) is 4.49. The molecule has 1 aromatic carbocycles. The van der Waals surface area contributed by atoms with Gasteiger partial charge >= 0.3 is 5.97 Å². The molecule has 158 valence electrons. The summed E-state index contributed by atoms with van der Waals surface area (Å²) < 4.78 is 33.3. The zero-order valence-electron chi connectivity index (χ0n) is 15.9. The minimum Gasteiger partial charge on any atom is -0.481 e. The number of aliphatic carboxylic acids is 1. The fraction of sp³-hybridized carbons (Fsp3) is 0.286. The Kier molecular flexibility index (Phi) is 7.38. The molecular formula is C21H19F2NO4S2. The number of thiocarbonyl (C=S) groups is 1. The Bertz CT molecular complexity index is 1000. The molecule has 1 aromatic heterocycles. The van der Waals surface area contributed by atoms with E-state index >= 15 is 0 Å². The number of unbranched alkanes of at least 4 members (excludes halogenated alkanes) is 3.